The summed E-state index contributed by atoms with van der Waals surface area (Å²) in [6.07, 6.45) is 4.95. The van der Waals surface area contributed by atoms with Crippen molar-refractivity contribution >= 4 is 18.3 Å². The topological polar surface area (TPSA) is 55.6 Å². The van der Waals surface area contributed by atoms with Gasteiger partial charge in [0.05, 0.1) is 13.2 Å². The van der Waals surface area contributed by atoms with Gasteiger partial charge in [-0.15, -0.1) is 12.4 Å². The molecular weight excluding hydrogens is 312 g/mol. The van der Waals surface area contributed by atoms with Gasteiger partial charge >= 0.3 is 0 Å². The van der Waals surface area contributed by atoms with Crippen molar-refractivity contribution in [3.05, 3.63) is 29.8 Å². The predicted molar refractivity (Wildman–Crippen MR) is 96.1 cm³/mol. The van der Waals surface area contributed by atoms with Crippen LogP contribution in [0.15, 0.2) is 24.3 Å². The van der Waals surface area contributed by atoms with E-state index in [-0.39, 0.29) is 24.4 Å². The Hall–Kier alpha value is -1.26. The van der Waals surface area contributed by atoms with Crippen molar-refractivity contribution in [2.75, 3.05) is 20.2 Å². The number of ether oxygens (including phenoxy) is 1. The summed E-state index contributed by atoms with van der Waals surface area (Å²) >= 11 is 0. The Kier molecular flexibility index (Phi) is 8.42. The highest BCUT2D eigenvalue weighted by atomic mass is 35.5. The predicted octanol–water partition coefficient (Wildman–Crippen LogP) is 3.03. The van der Waals surface area contributed by atoms with Crippen LogP contribution in [0.2, 0.25) is 0 Å². The third-order valence-corrected chi connectivity index (χ3v) is 4.53. The standard InChI is InChI=1S/C18H28N2O2.ClH/c1-3-4-17(19)18(21)20-11-9-15(10-12-20)13-14-5-7-16(22-2)8-6-14;/h5-8,15,17H,3-4,9-13,19H2,1-2H3;1H. The van der Waals surface area contributed by atoms with Crippen LogP contribution in [0.25, 0.3) is 0 Å². The maximum Gasteiger partial charge on any atom is 0.239 e. The van der Waals surface area contributed by atoms with Gasteiger partial charge in [0.1, 0.15) is 5.75 Å². The van der Waals surface area contributed by atoms with Gasteiger partial charge in [-0.1, -0.05) is 25.5 Å². The zero-order chi connectivity index (χ0) is 15.9. The molecule has 0 bridgehead atoms. The van der Waals surface area contributed by atoms with Crippen molar-refractivity contribution in [3.63, 3.8) is 0 Å². The van der Waals surface area contributed by atoms with Crippen LogP contribution in [0.3, 0.4) is 0 Å². The zero-order valence-corrected chi connectivity index (χ0v) is 15.0. The lowest BCUT2D eigenvalue weighted by Crippen LogP contribution is -2.47. The molecule has 1 saturated heterocycles. The molecule has 4 nitrogen and oxygen atoms in total. The van der Waals surface area contributed by atoms with Crippen LogP contribution >= 0.6 is 12.4 Å². The van der Waals surface area contributed by atoms with E-state index in [1.54, 1.807) is 7.11 Å². The Morgan fingerprint density at radius 1 is 1.30 bits per heavy atom. The Morgan fingerprint density at radius 3 is 2.43 bits per heavy atom. The first-order chi connectivity index (χ1) is 10.6. The lowest BCUT2D eigenvalue weighted by Gasteiger charge is -2.33. The molecule has 130 valence electrons. The highest BCUT2D eigenvalue weighted by Gasteiger charge is 2.25. The lowest BCUT2D eigenvalue weighted by atomic mass is 9.90. The molecule has 1 heterocycles. The number of carbonyl (C=O) groups excluding carboxylic acids is 1. The number of hydrogen-bond acceptors (Lipinski definition) is 3. The van der Waals surface area contributed by atoms with Crippen LogP contribution in [0.5, 0.6) is 5.75 Å². The van der Waals surface area contributed by atoms with E-state index in [9.17, 15) is 4.79 Å². The molecule has 1 amide bonds. The van der Waals surface area contributed by atoms with Gasteiger partial charge in [-0.3, -0.25) is 4.79 Å². The molecule has 1 unspecified atom stereocenters. The van der Waals surface area contributed by atoms with Gasteiger partial charge < -0.3 is 15.4 Å². The van der Waals surface area contributed by atoms with Crippen LogP contribution in [-0.4, -0.2) is 37.0 Å². The summed E-state index contributed by atoms with van der Waals surface area (Å²) in [5.41, 5.74) is 7.28. The molecule has 0 spiro atoms. The van der Waals surface area contributed by atoms with E-state index >= 15 is 0 Å². The monoisotopic (exact) mass is 340 g/mol. The summed E-state index contributed by atoms with van der Waals surface area (Å²) in [6.45, 7) is 3.75. The first kappa shape index (κ1) is 19.8. The molecule has 0 aromatic heterocycles. The van der Waals surface area contributed by atoms with E-state index in [0.717, 1.165) is 50.9 Å². The van der Waals surface area contributed by atoms with Gasteiger partial charge in [0.25, 0.3) is 0 Å². The molecule has 1 fully saturated rings. The largest absolute Gasteiger partial charge is 0.497 e. The van der Waals surface area contributed by atoms with Crippen molar-refractivity contribution in [1.29, 1.82) is 0 Å². The molecule has 1 aromatic rings. The van der Waals surface area contributed by atoms with E-state index < -0.39 is 0 Å². The third-order valence-electron chi connectivity index (χ3n) is 4.53. The number of halogens is 1. The Balaban J connectivity index is 0.00000264. The van der Waals surface area contributed by atoms with Crippen LogP contribution in [0.1, 0.15) is 38.2 Å². The van der Waals surface area contributed by atoms with Crippen LogP contribution in [-0.2, 0) is 11.2 Å². The molecular formula is C18H29ClN2O2. The molecule has 1 aliphatic heterocycles. The zero-order valence-electron chi connectivity index (χ0n) is 14.2. The second-order valence-corrected chi connectivity index (χ2v) is 6.22. The average Bonchev–Trinajstić information content (AvgIpc) is 2.56. The number of hydrogen-bond donors (Lipinski definition) is 1. The first-order valence-electron chi connectivity index (χ1n) is 8.31. The molecule has 1 aliphatic rings. The molecule has 2 N–H and O–H groups in total. The number of carbonyl (C=O) groups is 1. The van der Waals surface area contributed by atoms with Crippen molar-refractivity contribution in [1.82, 2.24) is 4.90 Å². The number of nitrogens with two attached hydrogens (primary N) is 1. The molecule has 2 rings (SSSR count). The summed E-state index contributed by atoms with van der Waals surface area (Å²) in [4.78, 5) is 14.2. The van der Waals surface area contributed by atoms with Gasteiger partial charge in [0, 0.05) is 13.1 Å². The fraction of sp³-hybridized carbons (Fsp3) is 0.611. The second kappa shape index (κ2) is 9.78. The first-order valence-corrected chi connectivity index (χ1v) is 8.31. The number of nitrogens with zero attached hydrogens (tertiary/aromatic N) is 1. The number of piperidine rings is 1. The van der Waals surface area contributed by atoms with E-state index in [1.807, 2.05) is 17.0 Å². The average molecular weight is 341 g/mol. The second-order valence-electron chi connectivity index (χ2n) is 6.22. The molecule has 5 heteroatoms. The van der Waals surface area contributed by atoms with Crippen LogP contribution < -0.4 is 10.5 Å². The summed E-state index contributed by atoms with van der Waals surface area (Å²) in [6, 6.07) is 7.97. The minimum absolute atomic E-state index is 0. The van der Waals surface area contributed by atoms with Crippen LogP contribution in [0, 0.1) is 5.92 Å². The molecule has 23 heavy (non-hydrogen) atoms. The summed E-state index contributed by atoms with van der Waals surface area (Å²) < 4.78 is 5.19. The molecule has 0 radical (unpaired) electrons. The lowest BCUT2D eigenvalue weighted by molar-refractivity contribution is -0.134. The molecule has 0 saturated carbocycles. The Labute approximate surface area is 145 Å². The maximum absolute atomic E-state index is 12.2. The van der Waals surface area contributed by atoms with Gasteiger partial charge in [0.2, 0.25) is 5.91 Å². The number of benzene rings is 1. The maximum atomic E-state index is 12.2. The van der Waals surface area contributed by atoms with Gasteiger partial charge in [-0.05, 0) is 49.3 Å². The van der Waals surface area contributed by atoms with E-state index in [1.165, 1.54) is 5.56 Å². The minimum Gasteiger partial charge on any atom is -0.497 e. The van der Waals surface area contributed by atoms with Gasteiger partial charge in [-0.2, -0.15) is 0 Å². The number of amides is 1. The van der Waals surface area contributed by atoms with Gasteiger partial charge in [0.15, 0.2) is 0 Å². The third kappa shape index (κ3) is 5.70. The summed E-state index contributed by atoms with van der Waals surface area (Å²) in [7, 11) is 1.69. The smallest absolute Gasteiger partial charge is 0.239 e. The highest BCUT2D eigenvalue weighted by molar-refractivity contribution is 5.85. The molecule has 1 aromatic carbocycles. The summed E-state index contributed by atoms with van der Waals surface area (Å²) in [5.74, 6) is 1.68. The number of methoxy groups -OCH3 is 1. The van der Waals surface area contributed by atoms with Gasteiger partial charge in [-0.25, -0.2) is 0 Å². The Bertz CT molecular complexity index is 470. The number of rotatable bonds is 6. The minimum atomic E-state index is -0.317. The van der Waals surface area contributed by atoms with Crippen molar-refractivity contribution in [2.24, 2.45) is 11.7 Å². The fourth-order valence-electron chi connectivity index (χ4n) is 3.12. The van der Waals surface area contributed by atoms with E-state index in [4.69, 9.17) is 10.5 Å². The highest BCUT2D eigenvalue weighted by Crippen LogP contribution is 2.23. The normalized spacial score (nSPS) is 16.6. The fourth-order valence-corrected chi connectivity index (χ4v) is 3.12. The molecule has 0 aliphatic carbocycles. The van der Waals surface area contributed by atoms with E-state index in [2.05, 4.69) is 19.1 Å². The Morgan fingerprint density at radius 2 is 1.91 bits per heavy atom. The van der Waals surface area contributed by atoms with Crippen molar-refractivity contribution in [3.8, 4) is 5.75 Å². The van der Waals surface area contributed by atoms with E-state index in [0.29, 0.717) is 5.92 Å². The van der Waals surface area contributed by atoms with Crippen molar-refractivity contribution < 1.29 is 9.53 Å². The van der Waals surface area contributed by atoms with Crippen molar-refractivity contribution in [2.45, 2.75) is 45.1 Å². The summed E-state index contributed by atoms with van der Waals surface area (Å²) in [5, 5.41) is 0. The molecule has 1 atom stereocenters. The SMILES string of the molecule is CCCC(N)C(=O)N1CCC(Cc2ccc(OC)cc2)CC1.Cl. The van der Waals surface area contributed by atoms with Crippen LogP contribution in [0.4, 0.5) is 0 Å². The number of likely N-dealkylation sites (tertiary alicyclic amines) is 1. The quantitative estimate of drug-likeness (QED) is 0.866.